The summed E-state index contributed by atoms with van der Waals surface area (Å²) in [6.07, 6.45) is 0.774. The van der Waals surface area contributed by atoms with Crippen LogP contribution in [0.2, 0.25) is 5.02 Å². The molecule has 0 unspecified atom stereocenters. The van der Waals surface area contributed by atoms with E-state index in [0.717, 1.165) is 36.4 Å². The molecule has 33 heavy (non-hydrogen) atoms. The molecule has 1 amide bonds. The molecular weight excluding hydrogens is 591 g/mol. The van der Waals surface area contributed by atoms with Crippen LogP contribution < -0.4 is 9.62 Å². The van der Waals surface area contributed by atoms with Crippen molar-refractivity contribution in [1.82, 2.24) is 5.32 Å². The van der Waals surface area contributed by atoms with Gasteiger partial charge < -0.3 is 5.32 Å². The highest BCUT2D eigenvalue weighted by atomic mass is 127. The third-order valence-electron chi connectivity index (χ3n) is 4.74. The SMILES string of the molecule is O=C(CN(c1ccc(I)cc1)S(=O)(=O)c1ccccc1)NCCCSCc1ccccc1Cl. The van der Waals surface area contributed by atoms with Crippen LogP contribution in [0.1, 0.15) is 12.0 Å². The Morgan fingerprint density at radius 2 is 1.64 bits per heavy atom. The Balaban J connectivity index is 1.56. The molecule has 0 heterocycles. The highest BCUT2D eigenvalue weighted by molar-refractivity contribution is 14.1. The van der Waals surface area contributed by atoms with E-state index in [1.165, 1.54) is 12.1 Å². The third-order valence-corrected chi connectivity index (χ3v) is 8.70. The molecule has 0 radical (unpaired) electrons. The van der Waals surface area contributed by atoms with E-state index in [2.05, 4.69) is 27.9 Å². The first-order valence-electron chi connectivity index (χ1n) is 10.3. The Morgan fingerprint density at radius 3 is 2.33 bits per heavy atom. The summed E-state index contributed by atoms with van der Waals surface area (Å²) in [7, 11) is -3.88. The lowest BCUT2D eigenvalue weighted by Gasteiger charge is -2.24. The second-order valence-electron chi connectivity index (χ2n) is 7.15. The molecule has 3 aromatic carbocycles. The molecule has 0 aliphatic rings. The number of nitrogens with zero attached hydrogens (tertiary/aromatic N) is 1. The minimum atomic E-state index is -3.88. The van der Waals surface area contributed by atoms with Crippen molar-refractivity contribution >= 4 is 67.6 Å². The largest absolute Gasteiger partial charge is 0.354 e. The number of carbonyl (C=O) groups is 1. The van der Waals surface area contributed by atoms with Crippen LogP contribution in [-0.4, -0.2) is 33.2 Å². The van der Waals surface area contributed by atoms with Gasteiger partial charge in [-0.2, -0.15) is 11.8 Å². The van der Waals surface area contributed by atoms with Crippen molar-refractivity contribution in [1.29, 1.82) is 0 Å². The van der Waals surface area contributed by atoms with Gasteiger partial charge >= 0.3 is 0 Å². The van der Waals surface area contributed by atoms with Crippen LogP contribution in [-0.2, 0) is 20.6 Å². The summed E-state index contributed by atoms with van der Waals surface area (Å²) in [5.41, 5.74) is 1.54. The fourth-order valence-corrected chi connectivity index (χ4v) is 6.08. The first-order chi connectivity index (χ1) is 15.9. The van der Waals surface area contributed by atoms with Gasteiger partial charge in [-0.05, 0) is 82.8 Å². The molecule has 0 saturated heterocycles. The van der Waals surface area contributed by atoms with Gasteiger partial charge in [0.05, 0.1) is 10.6 Å². The molecular formula is C24H24ClIN2O3S2. The van der Waals surface area contributed by atoms with Gasteiger partial charge in [0, 0.05) is 20.9 Å². The van der Waals surface area contributed by atoms with Crippen molar-refractivity contribution in [2.75, 3.05) is 23.1 Å². The van der Waals surface area contributed by atoms with E-state index < -0.39 is 10.0 Å². The summed E-state index contributed by atoms with van der Waals surface area (Å²) in [6, 6.07) is 22.9. The van der Waals surface area contributed by atoms with Crippen molar-refractivity contribution in [3.05, 3.63) is 93.0 Å². The van der Waals surface area contributed by atoms with Gasteiger partial charge in [-0.15, -0.1) is 0 Å². The quantitative estimate of drug-likeness (QED) is 0.226. The second kappa shape index (κ2) is 12.6. The van der Waals surface area contributed by atoms with E-state index >= 15 is 0 Å². The first kappa shape index (κ1) is 25.9. The monoisotopic (exact) mass is 614 g/mol. The van der Waals surface area contributed by atoms with Gasteiger partial charge in [-0.3, -0.25) is 9.10 Å². The average molecular weight is 615 g/mol. The zero-order valence-electron chi connectivity index (χ0n) is 17.8. The molecule has 3 rings (SSSR count). The molecule has 0 aromatic heterocycles. The summed E-state index contributed by atoms with van der Waals surface area (Å²) >= 11 is 10.1. The van der Waals surface area contributed by atoms with Crippen molar-refractivity contribution in [3.63, 3.8) is 0 Å². The minimum Gasteiger partial charge on any atom is -0.354 e. The Kier molecular flexibility index (Phi) is 9.91. The molecule has 9 heteroatoms. The Hall–Kier alpha value is -1.75. The molecule has 1 N–H and O–H groups in total. The highest BCUT2D eigenvalue weighted by Crippen LogP contribution is 2.24. The van der Waals surface area contributed by atoms with Gasteiger partial charge in [0.2, 0.25) is 5.91 Å². The smallest absolute Gasteiger partial charge is 0.264 e. The molecule has 0 bridgehead atoms. The Bertz CT molecular complexity index is 1160. The normalized spacial score (nSPS) is 11.2. The fourth-order valence-electron chi connectivity index (χ4n) is 3.03. The summed E-state index contributed by atoms with van der Waals surface area (Å²) in [5, 5.41) is 3.60. The van der Waals surface area contributed by atoms with Gasteiger partial charge in [0.25, 0.3) is 10.0 Å². The lowest BCUT2D eigenvalue weighted by molar-refractivity contribution is -0.119. The van der Waals surface area contributed by atoms with E-state index in [9.17, 15) is 13.2 Å². The number of halogens is 2. The molecule has 0 aliphatic heterocycles. The van der Waals surface area contributed by atoms with Crippen molar-refractivity contribution < 1.29 is 13.2 Å². The third kappa shape index (κ3) is 7.63. The molecule has 3 aromatic rings. The van der Waals surface area contributed by atoms with E-state index in [4.69, 9.17) is 11.6 Å². The number of hydrogen-bond donors (Lipinski definition) is 1. The number of rotatable bonds is 11. The van der Waals surface area contributed by atoms with Crippen LogP contribution in [0.15, 0.2) is 83.8 Å². The minimum absolute atomic E-state index is 0.146. The first-order valence-corrected chi connectivity index (χ1v) is 14.3. The molecule has 0 aliphatic carbocycles. The number of sulfonamides is 1. The van der Waals surface area contributed by atoms with Crippen molar-refractivity contribution in [2.24, 2.45) is 0 Å². The zero-order valence-corrected chi connectivity index (χ0v) is 22.3. The average Bonchev–Trinajstić information content (AvgIpc) is 2.82. The molecule has 0 fully saturated rings. The summed E-state index contributed by atoms with van der Waals surface area (Å²) in [5.74, 6) is 1.32. The lowest BCUT2D eigenvalue weighted by Crippen LogP contribution is -2.41. The highest BCUT2D eigenvalue weighted by Gasteiger charge is 2.26. The Labute approximate surface area is 218 Å². The number of amides is 1. The van der Waals surface area contributed by atoms with Gasteiger partial charge in [0.15, 0.2) is 0 Å². The molecule has 0 spiro atoms. The van der Waals surface area contributed by atoms with Crippen LogP contribution in [0.5, 0.6) is 0 Å². The van der Waals surface area contributed by atoms with E-state index in [0.29, 0.717) is 12.2 Å². The molecule has 174 valence electrons. The maximum atomic E-state index is 13.3. The van der Waals surface area contributed by atoms with E-state index in [1.54, 1.807) is 42.1 Å². The number of nitrogens with one attached hydrogen (secondary N) is 1. The zero-order chi connectivity index (χ0) is 23.7. The lowest BCUT2D eigenvalue weighted by atomic mass is 10.2. The number of carbonyl (C=O) groups excluding carboxylic acids is 1. The van der Waals surface area contributed by atoms with Crippen LogP contribution in [0.3, 0.4) is 0 Å². The predicted molar refractivity (Wildman–Crippen MR) is 145 cm³/mol. The summed E-state index contributed by atoms with van der Waals surface area (Å²) in [6.45, 7) is 0.185. The predicted octanol–water partition coefficient (Wildman–Crippen LogP) is 5.58. The number of benzene rings is 3. The van der Waals surface area contributed by atoms with Crippen LogP contribution in [0, 0.1) is 3.57 Å². The summed E-state index contributed by atoms with van der Waals surface area (Å²) in [4.78, 5) is 12.8. The molecule has 0 saturated carbocycles. The topological polar surface area (TPSA) is 66.5 Å². The van der Waals surface area contributed by atoms with E-state index in [1.807, 2.05) is 36.4 Å². The maximum absolute atomic E-state index is 13.3. The van der Waals surface area contributed by atoms with Crippen molar-refractivity contribution in [3.8, 4) is 0 Å². The number of anilines is 1. The van der Waals surface area contributed by atoms with Gasteiger partial charge in [-0.25, -0.2) is 8.42 Å². The molecule has 5 nitrogen and oxygen atoms in total. The number of hydrogen-bond acceptors (Lipinski definition) is 4. The Morgan fingerprint density at radius 1 is 0.970 bits per heavy atom. The van der Waals surface area contributed by atoms with E-state index in [-0.39, 0.29) is 17.3 Å². The summed E-state index contributed by atoms with van der Waals surface area (Å²) < 4.78 is 28.7. The standard InChI is InChI=1S/C24H24ClIN2O3S2/c25-23-10-5-4-7-19(23)18-32-16-6-15-27-24(29)17-28(21-13-11-20(26)12-14-21)33(30,31)22-8-2-1-3-9-22/h1-5,7-14H,6,15-18H2,(H,27,29). The van der Waals surface area contributed by atoms with Crippen LogP contribution in [0.4, 0.5) is 5.69 Å². The fraction of sp³-hybridized carbons (Fsp3) is 0.208. The molecule has 0 atom stereocenters. The van der Waals surface area contributed by atoms with Gasteiger partial charge in [-0.1, -0.05) is 48.0 Å². The van der Waals surface area contributed by atoms with Gasteiger partial charge in [0.1, 0.15) is 6.54 Å². The maximum Gasteiger partial charge on any atom is 0.264 e. The van der Waals surface area contributed by atoms with Crippen LogP contribution in [0.25, 0.3) is 0 Å². The number of thioether (sulfide) groups is 1. The second-order valence-corrected chi connectivity index (χ2v) is 11.8. The van der Waals surface area contributed by atoms with Crippen LogP contribution >= 0.6 is 46.0 Å². The van der Waals surface area contributed by atoms with Crippen molar-refractivity contribution in [2.45, 2.75) is 17.1 Å².